The van der Waals surface area contributed by atoms with E-state index in [1.165, 1.54) is 5.56 Å². The fourth-order valence-corrected chi connectivity index (χ4v) is 2.50. The number of rotatable bonds is 7. The Labute approximate surface area is 121 Å². The minimum atomic E-state index is 0.411. The van der Waals surface area contributed by atoms with Crippen LogP contribution >= 0.6 is 0 Å². The Morgan fingerprint density at radius 1 is 1.40 bits per heavy atom. The first-order valence-corrected chi connectivity index (χ1v) is 7.04. The number of nitrogens with zero attached hydrogens (tertiary/aromatic N) is 3. The van der Waals surface area contributed by atoms with Crippen LogP contribution in [0.1, 0.15) is 24.9 Å². The van der Waals surface area contributed by atoms with Gasteiger partial charge in [-0.05, 0) is 31.2 Å². The zero-order chi connectivity index (χ0) is 14.4. The Morgan fingerprint density at radius 3 is 2.90 bits per heavy atom. The number of ether oxygens (including phenoxy) is 1. The van der Waals surface area contributed by atoms with Crippen molar-refractivity contribution < 1.29 is 4.74 Å². The van der Waals surface area contributed by atoms with Crippen molar-refractivity contribution in [3.63, 3.8) is 0 Å². The maximum atomic E-state index is 5.32. The molecule has 0 bridgehead atoms. The standard InChI is InChI=1S/C16H23N3O/c1-4-16(14-6-5-7-15(12-14)20-3)18(2)10-11-19-9-8-17-13-19/h5-9,12-13,16H,4,10-11H2,1-3H3. The molecule has 108 valence electrons. The number of hydrogen-bond acceptors (Lipinski definition) is 3. The summed E-state index contributed by atoms with van der Waals surface area (Å²) in [6, 6.07) is 8.75. The molecule has 1 heterocycles. The van der Waals surface area contributed by atoms with E-state index in [2.05, 4.69) is 46.6 Å². The lowest BCUT2D eigenvalue weighted by molar-refractivity contribution is 0.229. The molecule has 4 nitrogen and oxygen atoms in total. The van der Waals surface area contributed by atoms with Crippen LogP contribution in [0.2, 0.25) is 0 Å². The second-order valence-corrected chi connectivity index (χ2v) is 4.98. The molecular formula is C16H23N3O. The maximum Gasteiger partial charge on any atom is 0.119 e. The molecule has 0 amide bonds. The Bertz CT molecular complexity index is 510. The van der Waals surface area contributed by atoms with E-state index in [0.29, 0.717) is 6.04 Å². The van der Waals surface area contributed by atoms with E-state index in [-0.39, 0.29) is 0 Å². The molecule has 4 heteroatoms. The van der Waals surface area contributed by atoms with Gasteiger partial charge in [0, 0.05) is 31.5 Å². The van der Waals surface area contributed by atoms with Gasteiger partial charge in [-0.1, -0.05) is 19.1 Å². The normalized spacial score (nSPS) is 12.6. The lowest BCUT2D eigenvalue weighted by Gasteiger charge is -2.28. The van der Waals surface area contributed by atoms with Crippen LogP contribution in [-0.2, 0) is 6.54 Å². The molecule has 0 aliphatic heterocycles. The van der Waals surface area contributed by atoms with Gasteiger partial charge in [0.05, 0.1) is 13.4 Å². The Balaban J connectivity index is 2.02. The van der Waals surface area contributed by atoms with E-state index in [4.69, 9.17) is 4.74 Å². The average Bonchev–Trinajstić information content (AvgIpc) is 2.99. The quantitative estimate of drug-likeness (QED) is 0.777. The molecule has 0 N–H and O–H groups in total. The van der Waals surface area contributed by atoms with Crippen LogP contribution in [0, 0.1) is 0 Å². The zero-order valence-electron chi connectivity index (χ0n) is 12.5. The maximum absolute atomic E-state index is 5.32. The molecule has 0 fully saturated rings. The molecule has 0 aliphatic rings. The molecule has 2 aromatic rings. The molecule has 0 aliphatic carbocycles. The molecule has 1 aromatic heterocycles. The summed E-state index contributed by atoms with van der Waals surface area (Å²) in [5.41, 5.74) is 1.31. The van der Waals surface area contributed by atoms with Gasteiger partial charge < -0.3 is 9.30 Å². The molecule has 20 heavy (non-hydrogen) atoms. The fraction of sp³-hybridized carbons (Fsp3) is 0.438. The molecule has 0 saturated carbocycles. The summed E-state index contributed by atoms with van der Waals surface area (Å²) in [5, 5.41) is 0. The fourth-order valence-electron chi connectivity index (χ4n) is 2.50. The first kappa shape index (κ1) is 14.6. The molecular weight excluding hydrogens is 250 g/mol. The Kier molecular flexibility index (Phi) is 5.18. The van der Waals surface area contributed by atoms with Crippen molar-refractivity contribution in [1.29, 1.82) is 0 Å². The van der Waals surface area contributed by atoms with Gasteiger partial charge in [-0.25, -0.2) is 4.98 Å². The van der Waals surface area contributed by atoms with E-state index < -0.39 is 0 Å². The van der Waals surface area contributed by atoms with E-state index in [1.807, 2.05) is 24.8 Å². The predicted octanol–water partition coefficient (Wildman–Crippen LogP) is 2.97. The van der Waals surface area contributed by atoms with Crippen molar-refractivity contribution in [3.05, 3.63) is 48.5 Å². The summed E-state index contributed by atoms with van der Waals surface area (Å²) in [6.07, 6.45) is 6.76. The SMILES string of the molecule is CCC(c1cccc(OC)c1)N(C)CCn1ccnc1. The van der Waals surface area contributed by atoms with Crippen molar-refractivity contribution in [2.45, 2.75) is 25.9 Å². The highest BCUT2D eigenvalue weighted by atomic mass is 16.5. The van der Waals surface area contributed by atoms with Crippen LogP contribution in [0.3, 0.4) is 0 Å². The highest BCUT2D eigenvalue weighted by molar-refractivity contribution is 5.30. The number of aromatic nitrogens is 2. The van der Waals surface area contributed by atoms with Crippen molar-refractivity contribution in [1.82, 2.24) is 14.5 Å². The lowest BCUT2D eigenvalue weighted by Crippen LogP contribution is -2.27. The Hall–Kier alpha value is -1.81. The number of methoxy groups -OCH3 is 1. The van der Waals surface area contributed by atoms with Gasteiger partial charge in [0.25, 0.3) is 0 Å². The molecule has 1 aromatic carbocycles. The molecule has 0 spiro atoms. The second-order valence-electron chi connectivity index (χ2n) is 4.98. The van der Waals surface area contributed by atoms with Gasteiger partial charge in [0.1, 0.15) is 5.75 Å². The first-order chi connectivity index (χ1) is 9.74. The molecule has 0 radical (unpaired) electrons. The summed E-state index contributed by atoms with van der Waals surface area (Å²) in [7, 11) is 3.88. The lowest BCUT2D eigenvalue weighted by atomic mass is 10.0. The minimum Gasteiger partial charge on any atom is -0.497 e. The highest BCUT2D eigenvalue weighted by Gasteiger charge is 2.15. The third kappa shape index (κ3) is 3.61. The third-order valence-electron chi connectivity index (χ3n) is 3.67. The molecule has 0 saturated heterocycles. The predicted molar refractivity (Wildman–Crippen MR) is 80.9 cm³/mol. The van der Waals surface area contributed by atoms with Crippen LogP contribution < -0.4 is 4.74 Å². The smallest absolute Gasteiger partial charge is 0.119 e. The van der Waals surface area contributed by atoms with Crippen molar-refractivity contribution in [3.8, 4) is 5.75 Å². The van der Waals surface area contributed by atoms with Gasteiger partial charge >= 0.3 is 0 Å². The van der Waals surface area contributed by atoms with Crippen LogP contribution in [0.15, 0.2) is 43.0 Å². The van der Waals surface area contributed by atoms with E-state index in [1.54, 1.807) is 7.11 Å². The summed E-state index contributed by atoms with van der Waals surface area (Å²) in [6.45, 7) is 4.17. The van der Waals surface area contributed by atoms with Crippen LogP contribution in [0.25, 0.3) is 0 Å². The third-order valence-corrected chi connectivity index (χ3v) is 3.67. The summed E-state index contributed by atoms with van der Waals surface area (Å²) >= 11 is 0. The van der Waals surface area contributed by atoms with Crippen LogP contribution in [-0.4, -0.2) is 35.2 Å². The Morgan fingerprint density at radius 2 is 2.25 bits per heavy atom. The molecule has 2 rings (SSSR count). The van der Waals surface area contributed by atoms with Crippen molar-refractivity contribution in [2.75, 3.05) is 20.7 Å². The van der Waals surface area contributed by atoms with Crippen molar-refractivity contribution >= 4 is 0 Å². The zero-order valence-corrected chi connectivity index (χ0v) is 12.5. The van der Waals surface area contributed by atoms with E-state index in [9.17, 15) is 0 Å². The van der Waals surface area contributed by atoms with Crippen molar-refractivity contribution in [2.24, 2.45) is 0 Å². The van der Waals surface area contributed by atoms with Gasteiger partial charge in [-0.3, -0.25) is 4.90 Å². The van der Waals surface area contributed by atoms with Gasteiger partial charge in [0.2, 0.25) is 0 Å². The number of likely N-dealkylation sites (N-methyl/N-ethyl adjacent to an activating group) is 1. The summed E-state index contributed by atoms with van der Waals surface area (Å²) in [4.78, 5) is 6.46. The summed E-state index contributed by atoms with van der Waals surface area (Å²) < 4.78 is 7.42. The molecule has 1 atom stereocenters. The minimum absolute atomic E-state index is 0.411. The van der Waals surface area contributed by atoms with E-state index in [0.717, 1.165) is 25.3 Å². The monoisotopic (exact) mass is 273 g/mol. The number of benzene rings is 1. The van der Waals surface area contributed by atoms with Gasteiger partial charge in [-0.2, -0.15) is 0 Å². The largest absolute Gasteiger partial charge is 0.497 e. The highest BCUT2D eigenvalue weighted by Crippen LogP contribution is 2.25. The average molecular weight is 273 g/mol. The topological polar surface area (TPSA) is 30.3 Å². The van der Waals surface area contributed by atoms with Crippen LogP contribution in [0.4, 0.5) is 0 Å². The number of imidazole rings is 1. The summed E-state index contributed by atoms with van der Waals surface area (Å²) in [5.74, 6) is 0.920. The number of hydrogen-bond donors (Lipinski definition) is 0. The molecule has 1 unspecified atom stereocenters. The first-order valence-electron chi connectivity index (χ1n) is 7.04. The second kappa shape index (κ2) is 7.10. The van der Waals surface area contributed by atoms with Gasteiger partial charge in [-0.15, -0.1) is 0 Å². The van der Waals surface area contributed by atoms with E-state index >= 15 is 0 Å². The van der Waals surface area contributed by atoms with Gasteiger partial charge in [0.15, 0.2) is 0 Å². The van der Waals surface area contributed by atoms with Crippen LogP contribution in [0.5, 0.6) is 5.75 Å².